The van der Waals surface area contributed by atoms with Crippen molar-refractivity contribution in [3.05, 3.63) is 65.7 Å². The Hall–Kier alpha value is -2.24. The maximum absolute atomic E-state index is 12.6. The minimum atomic E-state index is -3.67. The van der Waals surface area contributed by atoms with E-state index >= 15 is 0 Å². The molecule has 1 N–H and O–H groups in total. The third-order valence-corrected chi connectivity index (χ3v) is 5.29. The minimum absolute atomic E-state index is 0.206. The number of nitrogens with one attached hydrogen (secondary N) is 1. The molecule has 0 aromatic heterocycles. The lowest BCUT2D eigenvalue weighted by atomic mass is 10.1. The number of anilines is 1. The van der Waals surface area contributed by atoms with Gasteiger partial charge in [0, 0.05) is 10.7 Å². The van der Waals surface area contributed by atoms with Gasteiger partial charge in [-0.05, 0) is 65.7 Å². The summed E-state index contributed by atoms with van der Waals surface area (Å²) in [5.41, 5.74) is 0.466. The first-order valence-corrected chi connectivity index (χ1v) is 9.79. The van der Waals surface area contributed by atoms with E-state index in [2.05, 4.69) is 4.72 Å². The summed E-state index contributed by atoms with van der Waals surface area (Å²) in [5, 5.41) is 2.32. The van der Waals surface area contributed by atoms with Gasteiger partial charge < -0.3 is 4.74 Å². The van der Waals surface area contributed by atoms with Crippen molar-refractivity contribution in [3.63, 3.8) is 0 Å². The van der Waals surface area contributed by atoms with Gasteiger partial charge in [-0.25, -0.2) is 8.42 Å². The minimum Gasteiger partial charge on any atom is -0.494 e. The Morgan fingerprint density at radius 2 is 1.64 bits per heavy atom. The fourth-order valence-corrected chi connectivity index (χ4v) is 3.63. The molecule has 0 saturated carbocycles. The Balaban J connectivity index is 1.88. The molecule has 25 heavy (non-hydrogen) atoms. The normalized spacial score (nSPS) is 11.4. The van der Waals surface area contributed by atoms with Gasteiger partial charge in [0.25, 0.3) is 10.0 Å². The lowest BCUT2D eigenvalue weighted by Crippen LogP contribution is -2.12. The molecule has 0 bridgehead atoms. The van der Waals surface area contributed by atoms with Gasteiger partial charge in [-0.2, -0.15) is 0 Å². The number of hydrogen-bond donors (Lipinski definition) is 1. The molecule has 3 aromatic rings. The Bertz CT molecular complexity index is 985. The number of rotatable bonds is 6. The molecule has 0 radical (unpaired) electrons. The van der Waals surface area contributed by atoms with Crippen LogP contribution in [0, 0.1) is 0 Å². The van der Waals surface area contributed by atoms with E-state index < -0.39 is 10.0 Å². The van der Waals surface area contributed by atoms with Crippen molar-refractivity contribution in [2.75, 3.05) is 11.3 Å². The second kappa shape index (κ2) is 7.33. The zero-order valence-electron chi connectivity index (χ0n) is 13.7. The summed E-state index contributed by atoms with van der Waals surface area (Å²) in [7, 11) is -3.67. The molecule has 0 aliphatic heterocycles. The second-order valence-electron chi connectivity index (χ2n) is 5.63. The van der Waals surface area contributed by atoms with E-state index in [1.165, 1.54) is 0 Å². The van der Waals surface area contributed by atoms with Crippen molar-refractivity contribution >= 4 is 38.1 Å². The lowest BCUT2D eigenvalue weighted by Gasteiger charge is -2.10. The van der Waals surface area contributed by atoms with E-state index in [0.717, 1.165) is 22.9 Å². The van der Waals surface area contributed by atoms with Gasteiger partial charge >= 0.3 is 0 Å². The first-order chi connectivity index (χ1) is 12.0. The Morgan fingerprint density at radius 3 is 2.36 bits per heavy atom. The van der Waals surface area contributed by atoms with Crippen LogP contribution in [-0.2, 0) is 10.0 Å². The molecule has 3 rings (SSSR count). The van der Waals surface area contributed by atoms with Crippen LogP contribution < -0.4 is 9.46 Å². The zero-order valence-corrected chi connectivity index (χ0v) is 15.3. The van der Waals surface area contributed by atoms with Crippen LogP contribution in [0.25, 0.3) is 10.8 Å². The van der Waals surface area contributed by atoms with Gasteiger partial charge in [-0.1, -0.05) is 30.7 Å². The third kappa shape index (κ3) is 4.24. The van der Waals surface area contributed by atoms with E-state index in [4.69, 9.17) is 16.3 Å². The number of benzene rings is 3. The molecule has 0 heterocycles. The largest absolute Gasteiger partial charge is 0.494 e. The molecule has 0 atom stereocenters. The lowest BCUT2D eigenvalue weighted by molar-refractivity contribution is 0.318. The maximum Gasteiger partial charge on any atom is 0.261 e. The van der Waals surface area contributed by atoms with Crippen molar-refractivity contribution in [2.24, 2.45) is 0 Å². The van der Waals surface area contributed by atoms with Crippen LogP contribution in [0.3, 0.4) is 0 Å². The molecular formula is C19H18ClNO3S. The predicted molar refractivity (Wildman–Crippen MR) is 102 cm³/mol. The monoisotopic (exact) mass is 375 g/mol. The summed E-state index contributed by atoms with van der Waals surface area (Å²) in [4.78, 5) is 0.206. The molecule has 0 spiro atoms. The number of fused-ring (bicyclic) bond motifs is 1. The summed E-state index contributed by atoms with van der Waals surface area (Å²) in [5.74, 6) is 0.782. The summed E-state index contributed by atoms with van der Waals surface area (Å²) in [6.45, 7) is 2.70. The Morgan fingerprint density at radius 1 is 0.960 bits per heavy atom. The van der Waals surface area contributed by atoms with Crippen LogP contribution in [0.1, 0.15) is 13.3 Å². The van der Waals surface area contributed by atoms with Gasteiger partial charge in [-0.15, -0.1) is 0 Å². The fourth-order valence-electron chi connectivity index (χ4n) is 2.41. The number of ether oxygens (including phenoxy) is 1. The Labute approximate surface area is 152 Å². The van der Waals surface area contributed by atoms with Crippen molar-refractivity contribution in [1.29, 1.82) is 0 Å². The molecule has 0 amide bonds. The van der Waals surface area contributed by atoms with Crippen LogP contribution >= 0.6 is 11.6 Å². The maximum atomic E-state index is 12.6. The van der Waals surface area contributed by atoms with Gasteiger partial charge in [0.1, 0.15) is 5.75 Å². The molecular weight excluding hydrogens is 358 g/mol. The van der Waals surface area contributed by atoms with Crippen molar-refractivity contribution < 1.29 is 13.2 Å². The molecule has 0 unspecified atom stereocenters. The topological polar surface area (TPSA) is 55.4 Å². The molecule has 3 aromatic carbocycles. The summed E-state index contributed by atoms with van der Waals surface area (Å²) in [6.07, 6.45) is 0.936. The van der Waals surface area contributed by atoms with Crippen molar-refractivity contribution in [1.82, 2.24) is 0 Å². The average Bonchev–Trinajstić information content (AvgIpc) is 2.61. The van der Waals surface area contributed by atoms with Gasteiger partial charge in [-0.3, -0.25) is 4.72 Å². The highest BCUT2D eigenvalue weighted by Crippen LogP contribution is 2.25. The highest BCUT2D eigenvalue weighted by molar-refractivity contribution is 7.92. The molecule has 0 aliphatic rings. The van der Waals surface area contributed by atoms with Crippen molar-refractivity contribution in [3.8, 4) is 5.75 Å². The van der Waals surface area contributed by atoms with Gasteiger partial charge in [0.2, 0.25) is 0 Å². The van der Waals surface area contributed by atoms with Crippen LogP contribution in [0.4, 0.5) is 5.69 Å². The van der Waals surface area contributed by atoms with Crippen LogP contribution in [0.5, 0.6) is 5.75 Å². The summed E-state index contributed by atoms with van der Waals surface area (Å²) >= 11 is 5.82. The second-order valence-corrected chi connectivity index (χ2v) is 7.75. The molecule has 0 fully saturated rings. The molecule has 0 aliphatic carbocycles. The molecule has 130 valence electrons. The van der Waals surface area contributed by atoms with Gasteiger partial charge in [0.15, 0.2) is 0 Å². The van der Waals surface area contributed by atoms with Crippen LogP contribution in [0.15, 0.2) is 65.6 Å². The highest BCUT2D eigenvalue weighted by atomic mass is 35.5. The van der Waals surface area contributed by atoms with E-state index in [9.17, 15) is 8.42 Å². The average molecular weight is 376 g/mol. The van der Waals surface area contributed by atoms with E-state index in [1.54, 1.807) is 42.5 Å². The van der Waals surface area contributed by atoms with Gasteiger partial charge in [0.05, 0.1) is 11.5 Å². The van der Waals surface area contributed by atoms with Crippen LogP contribution in [0.2, 0.25) is 5.02 Å². The van der Waals surface area contributed by atoms with Crippen LogP contribution in [-0.4, -0.2) is 15.0 Å². The number of hydrogen-bond acceptors (Lipinski definition) is 3. The zero-order chi connectivity index (χ0) is 17.9. The highest BCUT2D eigenvalue weighted by Gasteiger charge is 2.15. The standard InChI is InChI=1S/C19H18ClNO3S/c1-2-11-24-18-9-3-15-13-19(10-4-14(15)12-18)25(22,23)21-17-7-5-16(20)6-8-17/h3-10,12-13,21H,2,11H2,1H3. The summed E-state index contributed by atoms with van der Waals surface area (Å²) in [6, 6.07) is 17.2. The predicted octanol–water partition coefficient (Wildman–Crippen LogP) is 5.08. The van der Waals surface area contributed by atoms with E-state index in [-0.39, 0.29) is 4.90 Å². The smallest absolute Gasteiger partial charge is 0.261 e. The summed E-state index contributed by atoms with van der Waals surface area (Å²) < 4.78 is 33.3. The number of sulfonamides is 1. The third-order valence-electron chi connectivity index (χ3n) is 3.66. The Kier molecular flexibility index (Phi) is 5.16. The SMILES string of the molecule is CCCOc1ccc2cc(S(=O)(=O)Nc3ccc(Cl)cc3)ccc2c1. The first kappa shape index (κ1) is 17.6. The number of halogens is 1. The molecule has 6 heteroatoms. The quantitative estimate of drug-likeness (QED) is 0.653. The van der Waals surface area contributed by atoms with Crippen molar-refractivity contribution in [2.45, 2.75) is 18.2 Å². The molecule has 0 saturated heterocycles. The fraction of sp³-hybridized carbons (Fsp3) is 0.158. The van der Waals surface area contributed by atoms with E-state index in [0.29, 0.717) is 17.3 Å². The molecule has 4 nitrogen and oxygen atoms in total. The van der Waals surface area contributed by atoms with E-state index in [1.807, 2.05) is 25.1 Å². The first-order valence-electron chi connectivity index (χ1n) is 7.93.